The Labute approximate surface area is 199 Å². The summed E-state index contributed by atoms with van der Waals surface area (Å²) in [5.41, 5.74) is 3.93. The lowest BCUT2D eigenvalue weighted by molar-refractivity contribution is 0.0690. The van der Waals surface area contributed by atoms with Crippen LogP contribution < -0.4 is 5.32 Å². The van der Waals surface area contributed by atoms with E-state index in [1.807, 2.05) is 36.1 Å². The van der Waals surface area contributed by atoms with Crippen molar-refractivity contribution in [1.82, 2.24) is 4.90 Å². The lowest BCUT2D eigenvalue weighted by Crippen LogP contribution is -2.39. The summed E-state index contributed by atoms with van der Waals surface area (Å²) < 4.78 is 23.6. The third-order valence-electron chi connectivity index (χ3n) is 6.81. The van der Waals surface area contributed by atoms with Gasteiger partial charge in [-0.25, -0.2) is 8.42 Å². The van der Waals surface area contributed by atoms with E-state index >= 15 is 0 Å². The van der Waals surface area contributed by atoms with E-state index in [9.17, 15) is 13.2 Å². The van der Waals surface area contributed by atoms with E-state index in [-0.39, 0.29) is 28.7 Å². The number of fused-ring (bicyclic) bond motifs is 1. The molecule has 2 aromatic carbocycles. The monoisotopic (exact) mass is 483 g/mol. The van der Waals surface area contributed by atoms with Gasteiger partial charge in [0.15, 0.2) is 15.0 Å². The van der Waals surface area contributed by atoms with Crippen molar-refractivity contribution >= 4 is 38.4 Å². The Hall–Kier alpha value is -2.32. The molecule has 0 aromatic heterocycles. The molecule has 2 atom stereocenters. The summed E-state index contributed by atoms with van der Waals surface area (Å²) in [6, 6.07) is 16.2. The number of nitrogens with one attached hydrogen (secondary N) is 1. The number of carbonyl (C=O) groups is 1. The highest BCUT2D eigenvalue weighted by Gasteiger charge is 2.42. The highest BCUT2D eigenvalue weighted by molar-refractivity contribution is 8.15. The number of aliphatic imine (C=N–C) groups is 1. The lowest BCUT2D eigenvalue weighted by Gasteiger charge is -2.32. The number of thioether (sulfide) groups is 1. The summed E-state index contributed by atoms with van der Waals surface area (Å²) in [6.07, 6.45) is 3.12. The van der Waals surface area contributed by atoms with Crippen LogP contribution in [-0.2, 0) is 16.3 Å². The fourth-order valence-electron chi connectivity index (χ4n) is 4.89. The lowest BCUT2D eigenvalue weighted by atomic mass is 9.90. The van der Waals surface area contributed by atoms with Crippen molar-refractivity contribution in [3.8, 4) is 0 Å². The molecule has 2 fully saturated rings. The maximum Gasteiger partial charge on any atom is 0.253 e. The molecule has 5 rings (SSSR count). The number of carbonyl (C=O) groups excluding carboxylic acids is 1. The predicted octanol–water partition coefficient (Wildman–Crippen LogP) is 3.77. The van der Waals surface area contributed by atoms with Crippen LogP contribution in [0.3, 0.4) is 0 Å². The third kappa shape index (κ3) is 5.11. The number of piperidine rings is 1. The average Bonchev–Trinajstić information content (AvgIpc) is 3.28. The van der Waals surface area contributed by atoms with Crippen LogP contribution in [0, 0.1) is 12.8 Å². The highest BCUT2D eigenvalue weighted by Crippen LogP contribution is 2.35. The van der Waals surface area contributed by atoms with Crippen LogP contribution in [0.2, 0.25) is 0 Å². The second-order valence-corrected chi connectivity index (χ2v) is 12.7. The Kier molecular flexibility index (Phi) is 6.22. The van der Waals surface area contributed by atoms with E-state index in [1.165, 1.54) is 17.3 Å². The fraction of sp³-hybridized carbons (Fsp3) is 0.440. The van der Waals surface area contributed by atoms with Crippen molar-refractivity contribution in [2.75, 3.05) is 29.9 Å². The normalized spacial score (nSPS) is 24.4. The van der Waals surface area contributed by atoms with Gasteiger partial charge in [-0.3, -0.25) is 9.79 Å². The molecular weight excluding hydrogens is 454 g/mol. The first kappa shape index (κ1) is 22.5. The first-order valence-corrected chi connectivity index (χ1v) is 14.2. The van der Waals surface area contributed by atoms with Crippen LogP contribution >= 0.6 is 11.8 Å². The number of anilines is 1. The van der Waals surface area contributed by atoms with Gasteiger partial charge in [0.25, 0.3) is 5.91 Å². The topological polar surface area (TPSA) is 78.8 Å². The second-order valence-electron chi connectivity index (χ2n) is 9.31. The summed E-state index contributed by atoms with van der Waals surface area (Å²) in [4.78, 5) is 19.7. The zero-order valence-corrected chi connectivity index (χ0v) is 20.4. The number of likely N-dealkylation sites (tertiary alicyclic amines) is 1. The molecule has 0 bridgehead atoms. The molecule has 2 aromatic rings. The van der Waals surface area contributed by atoms with E-state index in [1.54, 1.807) is 0 Å². The van der Waals surface area contributed by atoms with Gasteiger partial charge in [-0.05, 0) is 55.4 Å². The van der Waals surface area contributed by atoms with Gasteiger partial charge in [-0.2, -0.15) is 0 Å². The van der Waals surface area contributed by atoms with Gasteiger partial charge in [0.1, 0.15) is 0 Å². The summed E-state index contributed by atoms with van der Waals surface area (Å²) in [5, 5.41) is 4.09. The van der Waals surface area contributed by atoms with E-state index in [0.717, 1.165) is 48.8 Å². The Morgan fingerprint density at radius 1 is 1.12 bits per heavy atom. The molecule has 3 aliphatic rings. The number of hydrogen-bond acceptors (Lipinski definition) is 6. The molecule has 0 unspecified atom stereocenters. The van der Waals surface area contributed by atoms with E-state index in [0.29, 0.717) is 11.5 Å². The molecule has 0 spiro atoms. The number of amides is 1. The van der Waals surface area contributed by atoms with Crippen molar-refractivity contribution in [3.63, 3.8) is 0 Å². The molecule has 3 aliphatic heterocycles. The van der Waals surface area contributed by atoms with Crippen molar-refractivity contribution < 1.29 is 13.2 Å². The van der Waals surface area contributed by atoms with Gasteiger partial charge < -0.3 is 10.2 Å². The molecule has 174 valence electrons. The Morgan fingerprint density at radius 2 is 1.88 bits per heavy atom. The predicted molar refractivity (Wildman–Crippen MR) is 135 cm³/mol. The maximum absolute atomic E-state index is 13.2. The molecule has 0 aliphatic carbocycles. The van der Waals surface area contributed by atoms with Crippen molar-refractivity contribution in [3.05, 3.63) is 65.2 Å². The number of aryl methyl sites for hydroxylation is 1. The van der Waals surface area contributed by atoms with Crippen LogP contribution in [-0.4, -0.2) is 60.3 Å². The van der Waals surface area contributed by atoms with Gasteiger partial charge in [-0.1, -0.05) is 48.2 Å². The van der Waals surface area contributed by atoms with Crippen molar-refractivity contribution in [2.24, 2.45) is 10.9 Å². The highest BCUT2D eigenvalue weighted by atomic mass is 32.2. The van der Waals surface area contributed by atoms with Crippen molar-refractivity contribution in [1.29, 1.82) is 0 Å². The number of nitrogens with zero attached hydrogens (tertiary/aromatic N) is 2. The smallest absolute Gasteiger partial charge is 0.253 e. The van der Waals surface area contributed by atoms with Crippen LogP contribution in [0.1, 0.15) is 34.3 Å². The van der Waals surface area contributed by atoms with Crippen LogP contribution in [0.5, 0.6) is 0 Å². The third-order valence-corrected chi connectivity index (χ3v) is 9.95. The van der Waals surface area contributed by atoms with Crippen LogP contribution in [0.4, 0.5) is 5.69 Å². The molecule has 0 radical (unpaired) electrons. The number of amidine groups is 1. The number of rotatable bonds is 4. The minimum Gasteiger partial charge on any atom is -0.339 e. The molecule has 0 saturated carbocycles. The zero-order chi connectivity index (χ0) is 23.0. The number of hydrogen-bond donors (Lipinski definition) is 1. The van der Waals surface area contributed by atoms with Crippen LogP contribution in [0.25, 0.3) is 0 Å². The summed E-state index contributed by atoms with van der Waals surface area (Å²) >= 11 is 1.49. The summed E-state index contributed by atoms with van der Waals surface area (Å²) in [7, 11) is -2.97. The first-order chi connectivity index (χ1) is 15.9. The van der Waals surface area contributed by atoms with Gasteiger partial charge >= 0.3 is 0 Å². The maximum atomic E-state index is 13.2. The second kappa shape index (κ2) is 9.14. The SMILES string of the molecule is Cc1ccc(C(=O)N2CCC(Cc3ccccc3)CC2)cc1NC1=N[C@@H]2CS(=O)(=O)C[C@H]2S1. The first-order valence-electron chi connectivity index (χ1n) is 11.5. The fourth-order valence-corrected chi connectivity index (χ4v) is 8.56. The Morgan fingerprint density at radius 3 is 2.61 bits per heavy atom. The molecule has 3 heterocycles. The largest absolute Gasteiger partial charge is 0.339 e. The molecule has 33 heavy (non-hydrogen) atoms. The Bertz CT molecular complexity index is 1170. The van der Waals surface area contributed by atoms with Crippen molar-refractivity contribution in [2.45, 2.75) is 37.5 Å². The zero-order valence-electron chi connectivity index (χ0n) is 18.7. The van der Waals surface area contributed by atoms with E-state index < -0.39 is 9.84 Å². The van der Waals surface area contributed by atoms with Gasteiger partial charge in [0, 0.05) is 29.6 Å². The summed E-state index contributed by atoms with van der Waals surface area (Å²) in [6.45, 7) is 3.57. The number of sulfone groups is 1. The van der Waals surface area contributed by atoms with Gasteiger partial charge in [0.05, 0.1) is 17.5 Å². The Balaban J connectivity index is 1.21. The van der Waals surface area contributed by atoms with Crippen LogP contribution in [0.15, 0.2) is 53.5 Å². The standard InChI is InChI=1S/C25H29N3O3S2/c1-17-7-8-20(14-21(17)26-25-27-22-15-33(30,31)16-23(22)32-25)24(29)28-11-9-19(10-12-28)13-18-5-3-2-4-6-18/h2-8,14,19,22-23H,9-13,15-16H2,1H3,(H,26,27)/t22-,23-/m1/s1. The molecular formula is C25H29N3O3S2. The van der Waals surface area contributed by atoms with E-state index in [2.05, 4.69) is 34.6 Å². The molecule has 6 nitrogen and oxygen atoms in total. The quantitative estimate of drug-likeness (QED) is 0.716. The molecule has 8 heteroatoms. The van der Waals surface area contributed by atoms with E-state index in [4.69, 9.17) is 0 Å². The number of benzene rings is 2. The molecule has 1 amide bonds. The van der Waals surface area contributed by atoms with Gasteiger partial charge in [-0.15, -0.1) is 0 Å². The average molecular weight is 484 g/mol. The van der Waals surface area contributed by atoms with Gasteiger partial charge in [0.2, 0.25) is 0 Å². The summed E-state index contributed by atoms with van der Waals surface area (Å²) in [5.74, 6) is 1.01. The minimum atomic E-state index is -2.97. The molecule has 1 N–H and O–H groups in total. The molecule has 2 saturated heterocycles. The minimum absolute atomic E-state index is 0.000183.